The third-order valence-electron chi connectivity index (χ3n) is 4.75. The number of primary amides is 1. The van der Waals surface area contributed by atoms with Gasteiger partial charge in [-0.2, -0.15) is 0 Å². The first-order chi connectivity index (χ1) is 14.9. The van der Waals surface area contributed by atoms with E-state index in [1.54, 1.807) is 26.8 Å². The van der Waals surface area contributed by atoms with Gasteiger partial charge in [-0.3, -0.25) is 9.59 Å². The summed E-state index contributed by atoms with van der Waals surface area (Å²) in [5.41, 5.74) is 6.40. The molecule has 0 aliphatic carbocycles. The maximum atomic E-state index is 12.4. The zero-order valence-electron chi connectivity index (χ0n) is 19.2. The van der Waals surface area contributed by atoms with Gasteiger partial charge in [0.1, 0.15) is 17.2 Å². The molecule has 3 N–H and O–H groups in total. The Balaban J connectivity index is 1.95. The van der Waals surface area contributed by atoms with Gasteiger partial charge in [0.25, 0.3) is 0 Å². The van der Waals surface area contributed by atoms with Gasteiger partial charge in [-0.15, -0.1) is 0 Å². The molecule has 1 aromatic carbocycles. The molecule has 2 aromatic rings. The number of nitrogens with two attached hydrogens (primary N) is 1. The first kappa shape index (κ1) is 24.9. The van der Waals surface area contributed by atoms with Crippen molar-refractivity contribution in [3.63, 3.8) is 0 Å². The van der Waals surface area contributed by atoms with Crippen LogP contribution in [0.5, 0.6) is 0 Å². The number of amides is 3. The molecule has 0 fully saturated rings. The van der Waals surface area contributed by atoms with E-state index in [0.717, 1.165) is 21.5 Å². The van der Waals surface area contributed by atoms with E-state index in [1.807, 2.05) is 19.1 Å². The highest BCUT2D eigenvalue weighted by molar-refractivity contribution is 5.96. The third kappa shape index (κ3) is 6.83. The Morgan fingerprint density at radius 2 is 1.88 bits per heavy atom. The molecule has 9 heteroatoms. The van der Waals surface area contributed by atoms with Gasteiger partial charge in [-0.1, -0.05) is 0 Å². The second-order valence-corrected chi connectivity index (χ2v) is 8.67. The minimum atomic E-state index is -1.08. The predicted molar refractivity (Wildman–Crippen MR) is 121 cm³/mol. The number of nitrogens with one attached hydrogen (secondary N) is 1. The van der Waals surface area contributed by atoms with Crippen molar-refractivity contribution in [1.29, 1.82) is 0 Å². The summed E-state index contributed by atoms with van der Waals surface area (Å²) in [6, 6.07) is 5.90. The lowest BCUT2D eigenvalue weighted by molar-refractivity contribution is -0.137. The molecule has 3 amide bonds. The molecule has 0 unspecified atom stereocenters. The minimum absolute atomic E-state index is 0.224. The number of aryl methyl sites for hydroxylation is 1. The number of hydrogen-bond acceptors (Lipinski definition) is 7. The van der Waals surface area contributed by atoms with Gasteiger partial charge in [-0.25, -0.2) is 14.5 Å². The monoisotopic (exact) mass is 445 g/mol. The number of carbonyl (C=O) groups excluding carboxylic acids is 3. The summed E-state index contributed by atoms with van der Waals surface area (Å²) in [6.45, 7) is 8.64. The van der Waals surface area contributed by atoms with E-state index in [4.69, 9.17) is 14.9 Å². The van der Waals surface area contributed by atoms with E-state index in [1.165, 1.54) is 13.0 Å². The minimum Gasteiger partial charge on any atom is -0.443 e. The number of benzene rings is 1. The Labute approximate surface area is 186 Å². The molecule has 0 saturated carbocycles. The van der Waals surface area contributed by atoms with Crippen LogP contribution in [0.4, 0.5) is 10.5 Å². The standard InChI is InChI=1S/C23H31N3O6/c1-14-12-20(28)31-19-13-16(9-10-17(14)19)25-11-7-6-8-18(21(24)29)26(15(2)27)22(30)32-23(3,4)5/h9-10,12-13,18,25H,6-8,11H2,1-5H3,(H2,24,29)/t18-/m0/s1. The molecule has 0 aliphatic rings. The van der Waals surface area contributed by atoms with Crippen molar-refractivity contribution in [3.8, 4) is 0 Å². The molecule has 9 nitrogen and oxygen atoms in total. The molecule has 1 aromatic heterocycles. The number of hydrogen-bond donors (Lipinski definition) is 2. The number of rotatable bonds is 8. The maximum Gasteiger partial charge on any atom is 0.417 e. The van der Waals surface area contributed by atoms with Gasteiger partial charge < -0.3 is 20.2 Å². The van der Waals surface area contributed by atoms with Crippen molar-refractivity contribution in [2.75, 3.05) is 11.9 Å². The van der Waals surface area contributed by atoms with E-state index < -0.39 is 35.2 Å². The molecular weight excluding hydrogens is 414 g/mol. The van der Waals surface area contributed by atoms with Gasteiger partial charge >= 0.3 is 11.7 Å². The molecule has 0 spiro atoms. The van der Waals surface area contributed by atoms with Gasteiger partial charge in [-0.05, 0) is 64.7 Å². The number of unbranched alkanes of at least 4 members (excludes halogenated alkanes) is 1. The van der Waals surface area contributed by atoms with Crippen LogP contribution in [0, 0.1) is 6.92 Å². The number of ether oxygens (including phenoxy) is 1. The van der Waals surface area contributed by atoms with Gasteiger partial charge in [0.05, 0.1) is 0 Å². The van der Waals surface area contributed by atoms with E-state index in [0.29, 0.717) is 25.0 Å². The summed E-state index contributed by atoms with van der Waals surface area (Å²) in [4.78, 5) is 48.7. The van der Waals surface area contributed by atoms with E-state index in [9.17, 15) is 19.2 Å². The Kier molecular flexibility index (Phi) is 8.02. The maximum absolute atomic E-state index is 12.4. The van der Waals surface area contributed by atoms with Crippen molar-refractivity contribution < 1.29 is 23.5 Å². The highest BCUT2D eigenvalue weighted by atomic mass is 16.6. The summed E-state index contributed by atoms with van der Waals surface area (Å²) in [6.07, 6.45) is 0.524. The third-order valence-corrected chi connectivity index (χ3v) is 4.75. The smallest absolute Gasteiger partial charge is 0.417 e. The van der Waals surface area contributed by atoms with Gasteiger partial charge in [0, 0.05) is 36.7 Å². The first-order valence-electron chi connectivity index (χ1n) is 10.5. The SMILES string of the molecule is CC(=O)N(C(=O)OC(C)(C)C)[C@@H](CCCCNc1ccc2c(C)cc(=O)oc2c1)C(N)=O. The molecule has 0 bridgehead atoms. The van der Waals surface area contributed by atoms with E-state index in [-0.39, 0.29) is 6.42 Å². The van der Waals surface area contributed by atoms with Gasteiger partial charge in [0.2, 0.25) is 11.8 Å². The lowest BCUT2D eigenvalue weighted by Gasteiger charge is -2.29. The Morgan fingerprint density at radius 1 is 1.19 bits per heavy atom. The van der Waals surface area contributed by atoms with Crippen LogP contribution in [-0.4, -0.2) is 41.0 Å². The van der Waals surface area contributed by atoms with E-state index >= 15 is 0 Å². The molecule has 0 saturated heterocycles. The molecule has 0 radical (unpaired) electrons. The van der Waals surface area contributed by atoms with Crippen molar-refractivity contribution in [1.82, 2.24) is 4.90 Å². The lowest BCUT2D eigenvalue weighted by Crippen LogP contribution is -2.51. The Bertz CT molecular complexity index is 1050. The number of anilines is 1. The Hall–Kier alpha value is -3.36. The Morgan fingerprint density at radius 3 is 2.47 bits per heavy atom. The number of carbonyl (C=O) groups is 3. The van der Waals surface area contributed by atoms with Crippen LogP contribution in [0.25, 0.3) is 11.0 Å². The lowest BCUT2D eigenvalue weighted by atomic mass is 10.1. The fraction of sp³-hybridized carbons (Fsp3) is 0.478. The molecule has 1 heterocycles. The molecular formula is C23H31N3O6. The normalized spacial score (nSPS) is 12.3. The van der Waals surface area contributed by atoms with Crippen molar-refractivity contribution in [2.45, 2.75) is 65.5 Å². The number of imide groups is 1. The van der Waals surface area contributed by atoms with Crippen LogP contribution in [0.2, 0.25) is 0 Å². The van der Waals surface area contributed by atoms with Crippen LogP contribution in [0.15, 0.2) is 33.5 Å². The quantitative estimate of drug-likeness (QED) is 0.470. The second kappa shape index (κ2) is 10.3. The molecule has 32 heavy (non-hydrogen) atoms. The number of fused-ring (bicyclic) bond motifs is 1. The average Bonchev–Trinajstić information content (AvgIpc) is 2.64. The highest BCUT2D eigenvalue weighted by Crippen LogP contribution is 2.21. The van der Waals surface area contributed by atoms with Crippen molar-refractivity contribution in [2.24, 2.45) is 5.73 Å². The fourth-order valence-electron chi connectivity index (χ4n) is 3.32. The van der Waals surface area contributed by atoms with Crippen LogP contribution >= 0.6 is 0 Å². The first-order valence-corrected chi connectivity index (χ1v) is 10.5. The molecule has 1 atom stereocenters. The van der Waals surface area contributed by atoms with Crippen LogP contribution < -0.4 is 16.7 Å². The highest BCUT2D eigenvalue weighted by Gasteiger charge is 2.34. The summed E-state index contributed by atoms with van der Waals surface area (Å²) >= 11 is 0. The molecule has 2 rings (SSSR count). The van der Waals surface area contributed by atoms with Crippen molar-refractivity contribution in [3.05, 3.63) is 40.2 Å². The van der Waals surface area contributed by atoms with Crippen LogP contribution in [-0.2, 0) is 14.3 Å². The van der Waals surface area contributed by atoms with Crippen LogP contribution in [0.3, 0.4) is 0 Å². The van der Waals surface area contributed by atoms with Gasteiger partial charge in [0.15, 0.2) is 0 Å². The zero-order valence-corrected chi connectivity index (χ0v) is 19.2. The summed E-state index contributed by atoms with van der Waals surface area (Å²) in [5.74, 6) is -1.37. The summed E-state index contributed by atoms with van der Waals surface area (Å²) in [7, 11) is 0. The largest absolute Gasteiger partial charge is 0.443 e. The second-order valence-electron chi connectivity index (χ2n) is 8.67. The summed E-state index contributed by atoms with van der Waals surface area (Å²) < 4.78 is 10.5. The van der Waals surface area contributed by atoms with Crippen molar-refractivity contribution >= 4 is 34.6 Å². The van der Waals surface area contributed by atoms with E-state index in [2.05, 4.69) is 5.32 Å². The summed E-state index contributed by atoms with van der Waals surface area (Å²) in [5, 5.41) is 4.10. The number of nitrogens with zero attached hydrogens (tertiary/aromatic N) is 1. The topological polar surface area (TPSA) is 132 Å². The molecule has 174 valence electrons. The predicted octanol–water partition coefficient (Wildman–Crippen LogP) is 3.32. The zero-order chi connectivity index (χ0) is 24.1. The fourth-order valence-corrected chi connectivity index (χ4v) is 3.32. The average molecular weight is 446 g/mol. The molecule has 0 aliphatic heterocycles. The van der Waals surface area contributed by atoms with Crippen LogP contribution in [0.1, 0.15) is 52.5 Å².